The highest BCUT2D eigenvalue weighted by Crippen LogP contribution is 2.27. The molecule has 0 saturated heterocycles. The van der Waals surface area contributed by atoms with Crippen LogP contribution in [0.5, 0.6) is 0 Å². The van der Waals surface area contributed by atoms with Gasteiger partial charge in [-0.3, -0.25) is 9.67 Å². The van der Waals surface area contributed by atoms with Crippen LogP contribution in [0, 0.1) is 0 Å². The standard InChI is InChI=1S/C23H21FN6/c1-15(24)14-30-19-6-4-11-25-22(19)21(28-30)17-9-7-16(8-10-17)13-20-27-18-5-3-12-26-23(18)29(20)2/h3-12,15H,13-14H2,1-2H3. The van der Waals surface area contributed by atoms with Crippen molar-refractivity contribution in [3.05, 3.63) is 72.3 Å². The third kappa shape index (κ3) is 3.22. The van der Waals surface area contributed by atoms with E-state index in [1.54, 1.807) is 17.1 Å². The van der Waals surface area contributed by atoms with Crippen molar-refractivity contribution in [3.8, 4) is 11.3 Å². The predicted octanol–water partition coefficient (Wildman–Crippen LogP) is 4.33. The largest absolute Gasteiger partial charge is 0.316 e. The molecule has 1 atom stereocenters. The van der Waals surface area contributed by atoms with Gasteiger partial charge >= 0.3 is 0 Å². The first-order valence-corrected chi connectivity index (χ1v) is 9.91. The Morgan fingerprint density at radius 3 is 2.53 bits per heavy atom. The van der Waals surface area contributed by atoms with Crippen molar-refractivity contribution in [1.82, 2.24) is 29.3 Å². The maximum Gasteiger partial charge on any atom is 0.159 e. The van der Waals surface area contributed by atoms with Gasteiger partial charge in [0, 0.05) is 31.4 Å². The lowest BCUT2D eigenvalue weighted by molar-refractivity contribution is 0.313. The molecule has 1 unspecified atom stereocenters. The van der Waals surface area contributed by atoms with E-state index in [2.05, 4.69) is 27.2 Å². The summed E-state index contributed by atoms with van der Waals surface area (Å²) in [6.45, 7) is 1.75. The molecular formula is C23H21FN6. The summed E-state index contributed by atoms with van der Waals surface area (Å²) >= 11 is 0. The minimum atomic E-state index is -0.980. The van der Waals surface area contributed by atoms with Gasteiger partial charge in [0.2, 0.25) is 0 Å². The van der Waals surface area contributed by atoms with Gasteiger partial charge in [-0.1, -0.05) is 24.3 Å². The van der Waals surface area contributed by atoms with E-state index in [9.17, 15) is 4.39 Å². The monoisotopic (exact) mass is 400 g/mol. The number of hydrogen-bond acceptors (Lipinski definition) is 4. The second-order valence-corrected chi connectivity index (χ2v) is 7.49. The molecule has 6 nitrogen and oxygen atoms in total. The van der Waals surface area contributed by atoms with E-state index in [0.717, 1.165) is 44.8 Å². The highest BCUT2D eigenvalue weighted by Gasteiger charge is 2.15. The fourth-order valence-corrected chi connectivity index (χ4v) is 3.77. The minimum Gasteiger partial charge on any atom is -0.316 e. The number of fused-ring (bicyclic) bond motifs is 2. The fraction of sp³-hybridized carbons (Fsp3) is 0.217. The van der Waals surface area contributed by atoms with Gasteiger partial charge in [0.25, 0.3) is 0 Å². The summed E-state index contributed by atoms with van der Waals surface area (Å²) in [4.78, 5) is 13.6. The number of pyridine rings is 2. The number of hydrogen-bond donors (Lipinski definition) is 0. The van der Waals surface area contributed by atoms with Gasteiger partial charge in [-0.2, -0.15) is 5.10 Å². The number of alkyl halides is 1. The molecule has 5 rings (SSSR count). The number of halogens is 1. The molecule has 0 radical (unpaired) electrons. The smallest absolute Gasteiger partial charge is 0.159 e. The molecule has 5 aromatic rings. The van der Waals surface area contributed by atoms with E-state index >= 15 is 0 Å². The molecule has 30 heavy (non-hydrogen) atoms. The summed E-state index contributed by atoms with van der Waals surface area (Å²) in [7, 11) is 1.99. The summed E-state index contributed by atoms with van der Waals surface area (Å²) in [5.41, 5.74) is 6.28. The van der Waals surface area contributed by atoms with Gasteiger partial charge in [0.1, 0.15) is 28.7 Å². The maximum absolute atomic E-state index is 13.6. The zero-order chi connectivity index (χ0) is 20.7. The first kappa shape index (κ1) is 18.4. The number of rotatable bonds is 5. The second-order valence-electron chi connectivity index (χ2n) is 7.49. The zero-order valence-electron chi connectivity index (χ0n) is 16.8. The Balaban J connectivity index is 1.47. The van der Waals surface area contributed by atoms with Crippen LogP contribution in [0.2, 0.25) is 0 Å². The van der Waals surface area contributed by atoms with Crippen molar-refractivity contribution in [3.63, 3.8) is 0 Å². The number of benzene rings is 1. The van der Waals surface area contributed by atoms with E-state index in [-0.39, 0.29) is 6.54 Å². The normalized spacial score (nSPS) is 12.6. The van der Waals surface area contributed by atoms with Crippen molar-refractivity contribution in [2.24, 2.45) is 7.05 Å². The van der Waals surface area contributed by atoms with Gasteiger partial charge < -0.3 is 4.57 Å². The highest BCUT2D eigenvalue weighted by molar-refractivity contribution is 5.89. The van der Waals surface area contributed by atoms with Crippen molar-refractivity contribution in [2.45, 2.75) is 26.1 Å². The fourth-order valence-electron chi connectivity index (χ4n) is 3.77. The van der Waals surface area contributed by atoms with Crippen molar-refractivity contribution < 1.29 is 4.39 Å². The molecule has 0 aliphatic carbocycles. The molecular weight excluding hydrogens is 379 g/mol. The van der Waals surface area contributed by atoms with Crippen molar-refractivity contribution >= 4 is 22.2 Å². The Hall–Kier alpha value is -3.61. The molecule has 0 N–H and O–H groups in total. The first-order valence-electron chi connectivity index (χ1n) is 9.91. The Labute approximate surface area is 173 Å². The third-order valence-electron chi connectivity index (χ3n) is 5.24. The predicted molar refractivity (Wildman–Crippen MR) is 115 cm³/mol. The lowest BCUT2D eigenvalue weighted by Crippen LogP contribution is -2.08. The van der Waals surface area contributed by atoms with Crippen LogP contribution >= 0.6 is 0 Å². The van der Waals surface area contributed by atoms with Crippen LogP contribution in [0.15, 0.2) is 60.9 Å². The first-order chi connectivity index (χ1) is 14.6. The molecule has 7 heteroatoms. The average molecular weight is 400 g/mol. The minimum absolute atomic E-state index is 0.209. The van der Waals surface area contributed by atoms with Gasteiger partial charge in [0.15, 0.2) is 5.65 Å². The molecule has 0 spiro atoms. The van der Waals surface area contributed by atoms with Gasteiger partial charge in [-0.25, -0.2) is 14.4 Å². The van der Waals surface area contributed by atoms with Crippen LogP contribution in [-0.2, 0) is 20.0 Å². The van der Waals surface area contributed by atoms with Crippen LogP contribution in [-0.4, -0.2) is 35.5 Å². The number of aryl methyl sites for hydroxylation is 1. The molecule has 0 saturated carbocycles. The van der Waals surface area contributed by atoms with E-state index < -0.39 is 6.17 Å². The summed E-state index contributed by atoms with van der Waals surface area (Å²) in [5, 5.41) is 4.65. The third-order valence-corrected chi connectivity index (χ3v) is 5.24. The molecule has 150 valence electrons. The summed E-state index contributed by atoms with van der Waals surface area (Å²) in [5.74, 6) is 0.963. The average Bonchev–Trinajstić information content (AvgIpc) is 3.27. The van der Waals surface area contributed by atoms with Crippen LogP contribution < -0.4 is 0 Å². The lowest BCUT2D eigenvalue weighted by Gasteiger charge is -2.04. The SMILES string of the molecule is CC(F)Cn1nc(-c2ccc(Cc3nc4cccnc4n3C)cc2)c2ncccc21. The van der Waals surface area contributed by atoms with E-state index in [1.807, 2.05) is 48.0 Å². The summed E-state index contributed by atoms with van der Waals surface area (Å²) in [6, 6.07) is 15.9. The highest BCUT2D eigenvalue weighted by atomic mass is 19.1. The van der Waals surface area contributed by atoms with Crippen LogP contribution in [0.3, 0.4) is 0 Å². The molecule has 0 fully saturated rings. The topological polar surface area (TPSA) is 61.4 Å². The van der Waals surface area contributed by atoms with Crippen LogP contribution in [0.1, 0.15) is 18.3 Å². The maximum atomic E-state index is 13.6. The summed E-state index contributed by atoms with van der Waals surface area (Å²) in [6.07, 6.45) is 3.25. The lowest BCUT2D eigenvalue weighted by atomic mass is 10.1. The quantitative estimate of drug-likeness (QED) is 0.441. The summed E-state index contributed by atoms with van der Waals surface area (Å²) < 4.78 is 17.3. The Bertz CT molecular complexity index is 1330. The molecule has 1 aromatic carbocycles. The molecule has 0 bridgehead atoms. The molecule has 0 aliphatic heterocycles. The molecule has 4 heterocycles. The van der Waals surface area contributed by atoms with Crippen LogP contribution in [0.4, 0.5) is 4.39 Å². The van der Waals surface area contributed by atoms with Crippen LogP contribution in [0.25, 0.3) is 33.5 Å². The Kier molecular flexibility index (Phi) is 4.50. The number of aromatic nitrogens is 6. The van der Waals surface area contributed by atoms with Crippen molar-refractivity contribution in [1.29, 1.82) is 0 Å². The number of imidazole rings is 1. The second kappa shape index (κ2) is 7.33. The van der Waals surface area contributed by atoms with Crippen molar-refractivity contribution in [2.75, 3.05) is 0 Å². The van der Waals surface area contributed by atoms with Gasteiger partial charge in [0.05, 0.1) is 12.1 Å². The molecule has 0 aliphatic rings. The molecule has 0 amide bonds. The zero-order valence-corrected chi connectivity index (χ0v) is 16.8. The Morgan fingerprint density at radius 2 is 1.77 bits per heavy atom. The number of nitrogens with zero attached hydrogens (tertiary/aromatic N) is 6. The van der Waals surface area contributed by atoms with E-state index in [4.69, 9.17) is 4.98 Å². The van der Waals surface area contributed by atoms with E-state index in [1.165, 1.54) is 6.92 Å². The molecule has 4 aromatic heterocycles. The van der Waals surface area contributed by atoms with Gasteiger partial charge in [-0.05, 0) is 36.8 Å². The van der Waals surface area contributed by atoms with E-state index in [0.29, 0.717) is 6.42 Å². The van der Waals surface area contributed by atoms with Gasteiger partial charge in [-0.15, -0.1) is 0 Å². The Morgan fingerprint density at radius 1 is 1.00 bits per heavy atom.